The highest BCUT2D eigenvalue weighted by Crippen LogP contribution is 2.31. The normalized spacial score (nSPS) is 23.6. The van der Waals surface area contributed by atoms with Crippen LogP contribution in [0.4, 0.5) is 4.39 Å². The molecule has 1 aromatic rings. The average Bonchev–Trinajstić information content (AvgIpc) is 2.76. The van der Waals surface area contributed by atoms with Gasteiger partial charge in [0, 0.05) is 13.1 Å². The minimum Gasteiger partial charge on any atom is -0.330 e. The van der Waals surface area contributed by atoms with E-state index in [1.54, 1.807) is 0 Å². The van der Waals surface area contributed by atoms with Crippen molar-refractivity contribution in [2.24, 2.45) is 11.1 Å². The fourth-order valence-electron chi connectivity index (χ4n) is 2.27. The van der Waals surface area contributed by atoms with E-state index in [1.807, 2.05) is 6.92 Å². The SMILES string of the molecule is CC1(CN)CCN(S(=O)(=O)Cc2ccc(F)cc2)C1.Cl. The van der Waals surface area contributed by atoms with Crippen molar-refractivity contribution in [2.75, 3.05) is 19.6 Å². The van der Waals surface area contributed by atoms with Gasteiger partial charge in [0.1, 0.15) is 5.82 Å². The summed E-state index contributed by atoms with van der Waals surface area (Å²) >= 11 is 0. The van der Waals surface area contributed by atoms with Crippen LogP contribution in [0.1, 0.15) is 18.9 Å². The summed E-state index contributed by atoms with van der Waals surface area (Å²) < 4.78 is 38.8. The molecule has 20 heavy (non-hydrogen) atoms. The minimum atomic E-state index is -3.35. The number of hydrogen-bond donors (Lipinski definition) is 1. The van der Waals surface area contributed by atoms with Gasteiger partial charge in [0.05, 0.1) is 5.75 Å². The third-order valence-electron chi connectivity index (χ3n) is 3.67. The van der Waals surface area contributed by atoms with Crippen LogP contribution in [0.3, 0.4) is 0 Å². The number of halogens is 2. The lowest BCUT2D eigenvalue weighted by atomic mass is 9.90. The van der Waals surface area contributed by atoms with Crippen LogP contribution in [0.25, 0.3) is 0 Å². The summed E-state index contributed by atoms with van der Waals surface area (Å²) in [5, 5.41) is 0. The quantitative estimate of drug-likeness (QED) is 0.918. The molecule has 7 heteroatoms. The number of nitrogens with two attached hydrogens (primary N) is 1. The monoisotopic (exact) mass is 322 g/mol. The van der Waals surface area contributed by atoms with E-state index in [-0.39, 0.29) is 29.4 Å². The van der Waals surface area contributed by atoms with Crippen LogP contribution in [0.5, 0.6) is 0 Å². The second-order valence-corrected chi connectivity index (χ2v) is 7.45. The second kappa shape index (κ2) is 6.39. The van der Waals surface area contributed by atoms with E-state index in [9.17, 15) is 12.8 Å². The van der Waals surface area contributed by atoms with Crippen molar-refractivity contribution >= 4 is 22.4 Å². The first-order valence-corrected chi connectivity index (χ1v) is 7.88. The van der Waals surface area contributed by atoms with Gasteiger partial charge in [-0.15, -0.1) is 12.4 Å². The van der Waals surface area contributed by atoms with Crippen LogP contribution in [-0.4, -0.2) is 32.4 Å². The lowest BCUT2D eigenvalue weighted by Crippen LogP contribution is -2.35. The van der Waals surface area contributed by atoms with Gasteiger partial charge in [-0.25, -0.2) is 17.1 Å². The summed E-state index contributed by atoms with van der Waals surface area (Å²) in [5.74, 6) is -0.452. The van der Waals surface area contributed by atoms with E-state index in [1.165, 1.54) is 28.6 Å². The van der Waals surface area contributed by atoms with Gasteiger partial charge in [-0.3, -0.25) is 0 Å². The molecule has 1 atom stereocenters. The maximum atomic E-state index is 12.8. The zero-order chi connectivity index (χ0) is 14.1. The molecule has 1 unspecified atom stereocenters. The van der Waals surface area contributed by atoms with Crippen LogP contribution in [0.15, 0.2) is 24.3 Å². The van der Waals surface area contributed by atoms with Gasteiger partial charge < -0.3 is 5.73 Å². The Bertz CT molecular complexity index is 550. The first kappa shape index (κ1) is 17.4. The van der Waals surface area contributed by atoms with Gasteiger partial charge >= 0.3 is 0 Å². The molecule has 0 aliphatic carbocycles. The fourth-order valence-corrected chi connectivity index (χ4v) is 3.94. The highest BCUT2D eigenvalue weighted by molar-refractivity contribution is 7.88. The van der Waals surface area contributed by atoms with Crippen molar-refractivity contribution in [1.82, 2.24) is 4.31 Å². The Morgan fingerprint density at radius 3 is 2.45 bits per heavy atom. The molecule has 2 N–H and O–H groups in total. The molecule has 4 nitrogen and oxygen atoms in total. The topological polar surface area (TPSA) is 63.4 Å². The highest BCUT2D eigenvalue weighted by atomic mass is 35.5. The minimum absolute atomic E-state index is 0. The molecule has 0 bridgehead atoms. The fraction of sp³-hybridized carbons (Fsp3) is 0.538. The van der Waals surface area contributed by atoms with Gasteiger partial charge in [0.25, 0.3) is 0 Å². The molecule has 0 amide bonds. The summed E-state index contributed by atoms with van der Waals surface area (Å²) in [7, 11) is -3.35. The number of sulfonamides is 1. The molecule has 1 saturated heterocycles. The molecule has 1 aliphatic heterocycles. The molecular formula is C13H20ClFN2O2S. The largest absolute Gasteiger partial charge is 0.330 e. The van der Waals surface area contributed by atoms with Crippen LogP contribution in [0.2, 0.25) is 0 Å². The van der Waals surface area contributed by atoms with Crippen LogP contribution >= 0.6 is 12.4 Å². The Balaban J connectivity index is 0.00000200. The summed E-state index contributed by atoms with van der Waals surface area (Å²) in [6.07, 6.45) is 0.784. The van der Waals surface area contributed by atoms with E-state index in [2.05, 4.69) is 0 Å². The predicted molar refractivity (Wildman–Crippen MR) is 79.6 cm³/mol. The zero-order valence-electron chi connectivity index (χ0n) is 11.4. The number of benzene rings is 1. The molecule has 2 rings (SSSR count). The van der Waals surface area contributed by atoms with Crippen LogP contribution in [-0.2, 0) is 15.8 Å². The van der Waals surface area contributed by atoms with Crippen molar-refractivity contribution < 1.29 is 12.8 Å². The van der Waals surface area contributed by atoms with E-state index in [0.717, 1.165) is 6.42 Å². The molecule has 0 radical (unpaired) electrons. The van der Waals surface area contributed by atoms with Gasteiger partial charge in [-0.2, -0.15) is 0 Å². The van der Waals surface area contributed by atoms with Crippen molar-refractivity contribution in [3.63, 3.8) is 0 Å². The third-order valence-corrected chi connectivity index (χ3v) is 5.47. The van der Waals surface area contributed by atoms with E-state index < -0.39 is 10.0 Å². The molecule has 114 valence electrons. The van der Waals surface area contributed by atoms with Gasteiger partial charge in [-0.05, 0) is 36.1 Å². The van der Waals surface area contributed by atoms with Crippen LogP contribution in [0, 0.1) is 11.2 Å². The zero-order valence-corrected chi connectivity index (χ0v) is 13.0. The standard InChI is InChI=1S/C13H19FN2O2S.ClH/c1-13(9-15)6-7-16(10-13)19(17,18)8-11-2-4-12(14)5-3-11;/h2-5H,6-10,15H2,1H3;1H. The van der Waals surface area contributed by atoms with E-state index in [0.29, 0.717) is 25.2 Å². The first-order chi connectivity index (χ1) is 8.85. The van der Waals surface area contributed by atoms with Gasteiger partial charge in [0.2, 0.25) is 10.0 Å². The first-order valence-electron chi connectivity index (χ1n) is 6.27. The number of nitrogens with zero attached hydrogens (tertiary/aromatic N) is 1. The smallest absolute Gasteiger partial charge is 0.218 e. The van der Waals surface area contributed by atoms with Crippen molar-refractivity contribution in [3.05, 3.63) is 35.6 Å². The Kier molecular flexibility index (Phi) is 5.54. The highest BCUT2D eigenvalue weighted by Gasteiger charge is 2.38. The van der Waals surface area contributed by atoms with Crippen molar-refractivity contribution in [2.45, 2.75) is 19.1 Å². The van der Waals surface area contributed by atoms with E-state index in [4.69, 9.17) is 5.73 Å². The Labute approximate surface area is 125 Å². The lowest BCUT2D eigenvalue weighted by Gasteiger charge is -2.22. The number of hydrogen-bond acceptors (Lipinski definition) is 3. The van der Waals surface area contributed by atoms with Gasteiger partial charge in [0.15, 0.2) is 0 Å². The van der Waals surface area contributed by atoms with Crippen molar-refractivity contribution in [3.8, 4) is 0 Å². The van der Waals surface area contributed by atoms with Crippen molar-refractivity contribution in [1.29, 1.82) is 0 Å². The predicted octanol–water partition coefficient (Wildman–Crippen LogP) is 1.75. The Morgan fingerprint density at radius 1 is 1.35 bits per heavy atom. The summed E-state index contributed by atoms with van der Waals surface area (Å²) in [5.41, 5.74) is 6.15. The maximum Gasteiger partial charge on any atom is 0.218 e. The number of rotatable bonds is 4. The molecule has 1 aliphatic rings. The molecular weight excluding hydrogens is 303 g/mol. The second-order valence-electron chi connectivity index (χ2n) is 5.48. The summed E-state index contributed by atoms with van der Waals surface area (Å²) in [6, 6.07) is 5.56. The molecule has 0 saturated carbocycles. The van der Waals surface area contributed by atoms with E-state index >= 15 is 0 Å². The molecule has 1 fully saturated rings. The maximum absolute atomic E-state index is 12.8. The Hall–Kier alpha value is -0.690. The molecule has 1 heterocycles. The van der Waals surface area contributed by atoms with Gasteiger partial charge in [-0.1, -0.05) is 19.1 Å². The molecule has 0 spiro atoms. The average molecular weight is 323 g/mol. The summed E-state index contributed by atoms with van der Waals surface area (Å²) in [6.45, 7) is 3.46. The van der Waals surface area contributed by atoms with Crippen LogP contribution < -0.4 is 5.73 Å². The summed E-state index contributed by atoms with van der Waals surface area (Å²) in [4.78, 5) is 0. The lowest BCUT2D eigenvalue weighted by molar-refractivity contribution is 0.349. The molecule has 0 aromatic heterocycles. The third kappa shape index (κ3) is 3.91. The Morgan fingerprint density at radius 2 is 1.95 bits per heavy atom. The molecule has 1 aromatic carbocycles.